The van der Waals surface area contributed by atoms with Gasteiger partial charge in [-0.15, -0.1) is 0 Å². The highest BCUT2D eigenvalue weighted by Crippen LogP contribution is 2.20. The average Bonchev–Trinajstić information content (AvgIpc) is 1.90. The fourth-order valence-corrected chi connectivity index (χ4v) is 1.23. The standard InChI is InChI=1S/C9H12N2/c1-7-2-3-8(11-6-7)9-4-5-10-9/h2-3,6,9-10H,4-5H2,1H3/t9-/m0/s1. The van der Waals surface area contributed by atoms with Crippen LogP contribution in [0.3, 0.4) is 0 Å². The summed E-state index contributed by atoms with van der Waals surface area (Å²) >= 11 is 0. The first-order chi connectivity index (χ1) is 5.36. The lowest BCUT2D eigenvalue weighted by atomic mass is 10.0. The van der Waals surface area contributed by atoms with Crippen LogP contribution in [0, 0.1) is 6.92 Å². The number of hydrogen-bond donors (Lipinski definition) is 1. The Balaban J connectivity index is 2.18. The Bertz CT molecular complexity index is 236. The van der Waals surface area contributed by atoms with Gasteiger partial charge in [-0.1, -0.05) is 6.07 Å². The summed E-state index contributed by atoms with van der Waals surface area (Å²) in [5.41, 5.74) is 2.41. The second-order valence-electron chi connectivity index (χ2n) is 3.06. The molecule has 2 nitrogen and oxygen atoms in total. The normalized spacial score (nSPS) is 22.8. The Morgan fingerprint density at radius 3 is 2.82 bits per heavy atom. The van der Waals surface area contributed by atoms with E-state index in [1.54, 1.807) is 0 Å². The molecule has 2 rings (SSSR count). The number of aromatic nitrogens is 1. The Labute approximate surface area is 66.7 Å². The van der Waals surface area contributed by atoms with Crippen molar-refractivity contribution in [3.05, 3.63) is 29.6 Å². The molecule has 0 aliphatic carbocycles. The number of nitrogens with zero attached hydrogens (tertiary/aromatic N) is 1. The molecule has 0 bridgehead atoms. The number of hydrogen-bond acceptors (Lipinski definition) is 2. The Morgan fingerprint density at radius 2 is 2.36 bits per heavy atom. The minimum absolute atomic E-state index is 0.524. The molecule has 0 unspecified atom stereocenters. The van der Waals surface area contributed by atoms with Crippen molar-refractivity contribution in [2.24, 2.45) is 0 Å². The van der Waals surface area contributed by atoms with Crippen LogP contribution in [-0.2, 0) is 0 Å². The number of aryl methyl sites for hydroxylation is 1. The van der Waals surface area contributed by atoms with Gasteiger partial charge in [-0.2, -0.15) is 0 Å². The van der Waals surface area contributed by atoms with E-state index in [0.717, 1.165) is 6.54 Å². The summed E-state index contributed by atoms with van der Waals surface area (Å²) in [6.07, 6.45) is 3.16. The van der Waals surface area contributed by atoms with Gasteiger partial charge in [0.1, 0.15) is 0 Å². The maximum atomic E-state index is 4.34. The maximum absolute atomic E-state index is 4.34. The lowest BCUT2D eigenvalue weighted by Crippen LogP contribution is -2.35. The monoisotopic (exact) mass is 148 g/mol. The summed E-state index contributed by atoms with van der Waals surface area (Å²) in [5.74, 6) is 0. The molecule has 0 saturated carbocycles. The molecule has 1 aliphatic heterocycles. The van der Waals surface area contributed by atoms with E-state index in [1.807, 2.05) is 6.20 Å². The second-order valence-corrected chi connectivity index (χ2v) is 3.06. The van der Waals surface area contributed by atoms with Crippen LogP contribution >= 0.6 is 0 Å². The molecule has 2 heterocycles. The van der Waals surface area contributed by atoms with E-state index in [4.69, 9.17) is 0 Å². The van der Waals surface area contributed by atoms with Gasteiger partial charge in [0.25, 0.3) is 0 Å². The third-order valence-corrected chi connectivity index (χ3v) is 2.12. The van der Waals surface area contributed by atoms with E-state index < -0.39 is 0 Å². The summed E-state index contributed by atoms with van der Waals surface area (Å²) in [5, 5.41) is 3.32. The van der Waals surface area contributed by atoms with E-state index in [2.05, 4.69) is 29.4 Å². The van der Waals surface area contributed by atoms with Crippen molar-refractivity contribution in [2.45, 2.75) is 19.4 Å². The van der Waals surface area contributed by atoms with Gasteiger partial charge in [0.05, 0.1) is 11.7 Å². The predicted molar refractivity (Wildman–Crippen MR) is 44.3 cm³/mol. The van der Waals surface area contributed by atoms with E-state index in [-0.39, 0.29) is 0 Å². The highest BCUT2D eigenvalue weighted by atomic mass is 15.0. The SMILES string of the molecule is Cc1ccc([C@@H]2CCN2)nc1. The third-order valence-electron chi connectivity index (χ3n) is 2.12. The van der Waals surface area contributed by atoms with Gasteiger partial charge in [-0.25, -0.2) is 0 Å². The molecule has 1 aromatic heterocycles. The lowest BCUT2D eigenvalue weighted by molar-refractivity contribution is 0.375. The van der Waals surface area contributed by atoms with Crippen molar-refractivity contribution in [1.82, 2.24) is 10.3 Å². The number of rotatable bonds is 1. The van der Waals surface area contributed by atoms with Crippen LogP contribution in [0.1, 0.15) is 23.7 Å². The highest BCUT2D eigenvalue weighted by Gasteiger charge is 2.18. The first-order valence-corrected chi connectivity index (χ1v) is 4.02. The van der Waals surface area contributed by atoms with Gasteiger partial charge < -0.3 is 5.32 Å². The topological polar surface area (TPSA) is 24.9 Å². The van der Waals surface area contributed by atoms with Crippen molar-refractivity contribution in [1.29, 1.82) is 0 Å². The molecular formula is C9H12N2. The van der Waals surface area contributed by atoms with Crippen LogP contribution in [0.15, 0.2) is 18.3 Å². The summed E-state index contributed by atoms with van der Waals surface area (Å²) in [6.45, 7) is 3.20. The van der Waals surface area contributed by atoms with Crippen LogP contribution in [0.5, 0.6) is 0 Å². The summed E-state index contributed by atoms with van der Waals surface area (Å²) in [4.78, 5) is 4.34. The molecule has 0 radical (unpaired) electrons. The van der Waals surface area contributed by atoms with Gasteiger partial charge in [0, 0.05) is 6.20 Å². The molecule has 1 saturated heterocycles. The summed E-state index contributed by atoms with van der Waals surface area (Å²) in [6, 6.07) is 4.74. The van der Waals surface area contributed by atoms with E-state index in [9.17, 15) is 0 Å². The lowest BCUT2D eigenvalue weighted by Gasteiger charge is -2.26. The molecule has 0 aromatic carbocycles. The first-order valence-electron chi connectivity index (χ1n) is 4.02. The smallest absolute Gasteiger partial charge is 0.0573 e. The second kappa shape index (κ2) is 2.62. The fourth-order valence-electron chi connectivity index (χ4n) is 1.23. The van der Waals surface area contributed by atoms with Crippen molar-refractivity contribution in [2.75, 3.05) is 6.54 Å². The van der Waals surface area contributed by atoms with E-state index >= 15 is 0 Å². The molecule has 1 N–H and O–H groups in total. The van der Waals surface area contributed by atoms with Crippen LogP contribution in [0.25, 0.3) is 0 Å². The highest BCUT2D eigenvalue weighted by molar-refractivity contribution is 5.16. The molecule has 1 fully saturated rings. The minimum Gasteiger partial charge on any atom is -0.309 e. The Morgan fingerprint density at radius 1 is 1.55 bits per heavy atom. The molecule has 0 spiro atoms. The van der Waals surface area contributed by atoms with Crippen molar-refractivity contribution >= 4 is 0 Å². The van der Waals surface area contributed by atoms with Crippen LogP contribution in [0.4, 0.5) is 0 Å². The van der Waals surface area contributed by atoms with Gasteiger partial charge in [-0.3, -0.25) is 4.98 Å². The molecule has 1 aliphatic rings. The molecule has 58 valence electrons. The van der Waals surface area contributed by atoms with Crippen molar-refractivity contribution < 1.29 is 0 Å². The predicted octanol–water partition coefficient (Wildman–Crippen LogP) is 1.42. The first kappa shape index (κ1) is 6.80. The Hall–Kier alpha value is -0.890. The zero-order chi connectivity index (χ0) is 7.68. The van der Waals surface area contributed by atoms with E-state index in [1.165, 1.54) is 17.7 Å². The zero-order valence-electron chi connectivity index (χ0n) is 6.67. The van der Waals surface area contributed by atoms with E-state index in [0.29, 0.717) is 6.04 Å². The molecular weight excluding hydrogens is 136 g/mol. The number of nitrogens with one attached hydrogen (secondary N) is 1. The fraction of sp³-hybridized carbons (Fsp3) is 0.444. The quantitative estimate of drug-likeness (QED) is 0.651. The number of pyridine rings is 1. The molecule has 1 aromatic rings. The van der Waals surface area contributed by atoms with Crippen LogP contribution < -0.4 is 5.32 Å². The van der Waals surface area contributed by atoms with Crippen LogP contribution in [-0.4, -0.2) is 11.5 Å². The van der Waals surface area contributed by atoms with Crippen molar-refractivity contribution in [3.8, 4) is 0 Å². The molecule has 11 heavy (non-hydrogen) atoms. The largest absolute Gasteiger partial charge is 0.309 e. The van der Waals surface area contributed by atoms with Gasteiger partial charge in [-0.05, 0) is 31.5 Å². The van der Waals surface area contributed by atoms with Gasteiger partial charge in [0.15, 0.2) is 0 Å². The minimum atomic E-state index is 0.524. The third kappa shape index (κ3) is 1.26. The molecule has 0 amide bonds. The zero-order valence-corrected chi connectivity index (χ0v) is 6.67. The summed E-state index contributed by atoms with van der Waals surface area (Å²) in [7, 11) is 0. The maximum Gasteiger partial charge on any atom is 0.0573 e. The van der Waals surface area contributed by atoms with Gasteiger partial charge >= 0.3 is 0 Å². The summed E-state index contributed by atoms with van der Waals surface area (Å²) < 4.78 is 0. The molecule has 2 heteroatoms. The molecule has 1 atom stereocenters. The average molecular weight is 148 g/mol. The van der Waals surface area contributed by atoms with Crippen LogP contribution in [0.2, 0.25) is 0 Å². The van der Waals surface area contributed by atoms with Crippen molar-refractivity contribution in [3.63, 3.8) is 0 Å². The van der Waals surface area contributed by atoms with Gasteiger partial charge in [0.2, 0.25) is 0 Å². The Kier molecular flexibility index (Phi) is 1.62.